The molecule has 0 bridgehead atoms. The fourth-order valence-electron chi connectivity index (χ4n) is 4.14. The molecule has 0 saturated heterocycles. The molecule has 1 aliphatic rings. The van der Waals surface area contributed by atoms with Crippen molar-refractivity contribution in [1.29, 1.82) is 0 Å². The Labute approximate surface area is 196 Å². The first kappa shape index (κ1) is 21.9. The Morgan fingerprint density at radius 1 is 0.941 bits per heavy atom. The molecule has 0 radical (unpaired) electrons. The average Bonchev–Trinajstić information content (AvgIpc) is 3.22. The number of nitrogens with zero attached hydrogens (tertiary/aromatic N) is 2. The first-order valence-corrected chi connectivity index (χ1v) is 10.6. The van der Waals surface area contributed by atoms with Gasteiger partial charge in [0.25, 0.3) is 0 Å². The molecule has 1 atom stereocenters. The molecule has 0 N–H and O–H groups in total. The lowest BCUT2D eigenvalue weighted by Gasteiger charge is -2.20. The topological polar surface area (TPSA) is 78.3 Å². The monoisotopic (exact) mass is 480 g/mol. The summed E-state index contributed by atoms with van der Waals surface area (Å²) in [6, 6.07) is 15.3. The summed E-state index contributed by atoms with van der Waals surface area (Å²) >= 11 is 6.41. The van der Waals surface area contributed by atoms with Crippen molar-refractivity contribution in [3.05, 3.63) is 99.3 Å². The zero-order valence-corrected chi connectivity index (χ0v) is 18.3. The average molecular weight is 481 g/mol. The molecule has 5 rings (SSSR count). The highest BCUT2D eigenvalue weighted by Crippen LogP contribution is 2.35. The Kier molecular flexibility index (Phi) is 5.25. The van der Waals surface area contributed by atoms with E-state index in [4.69, 9.17) is 16.3 Å². The van der Waals surface area contributed by atoms with E-state index in [0.717, 1.165) is 0 Å². The van der Waals surface area contributed by atoms with Crippen LogP contribution in [0.5, 0.6) is 0 Å². The molecule has 0 amide bonds. The van der Waals surface area contributed by atoms with Gasteiger partial charge in [-0.2, -0.15) is 8.78 Å². The number of benzene rings is 3. The molecule has 1 aromatic heterocycles. The van der Waals surface area contributed by atoms with Crippen molar-refractivity contribution in [3.63, 3.8) is 0 Å². The van der Waals surface area contributed by atoms with Crippen molar-refractivity contribution in [1.82, 2.24) is 9.55 Å². The van der Waals surface area contributed by atoms with Crippen LogP contribution in [0.4, 0.5) is 8.78 Å². The minimum Gasteiger partial charge on any atom is -0.451 e. The van der Waals surface area contributed by atoms with E-state index in [1.807, 2.05) is 0 Å². The third-order valence-corrected chi connectivity index (χ3v) is 6.11. The molecule has 0 saturated carbocycles. The Bertz CT molecular complexity index is 1510. The summed E-state index contributed by atoms with van der Waals surface area (Å²) in [6.07, 6.45) is -1.15. The molecule has 1 heterocycles. The van der Waals surface area contributed by atoms with Crippen LogP contribution < -0.4 is 0 Å². The Balaban J connectivity index is 1.50. The zero-order chi connectivity index (χ0) is 24.1. The van der Waals surface area contributed by atoms with E-state index < -0.39 is 24.4 Å². The molecule has 3 aromatic carbocycles. The summed E-state index contributed by atoms with van der Waals surface area (Å²) in [6.45, 7) is -1.49. The molecular weight excluding hydrogens is 466 g/mol. The van der Waals surface area contributed by atoms with Crippen molar-refractivity contribution in [2.45, 2.75) is 19.6 Å². The molecule has 0 spiro atoms. The van der Waals surface area contributed by atoms with Gasteiger partial charge in [-0.15, -0.1) is 0 Å². The number of para-hydroxylation sites is 2. The molecule has 1 unspecified atom stereocenters. The van der Waals surface area contributed by atoms with Crippen LogP contribution in [0.2, 0.25) is 5.02 Å². The number of carbonyl (C=O) groups is 3. The van der Waals surface area contributed by atoms with Crippen LogP contribution in [0.15, 0.2) is 60.7 Å². The first-order chi connectivity index (χ1) is 16.3. The number of hydrogen-bond acceptors (Lipinski definition) is 5. The predicted molar refractivity (Wildman–Crippen MR) is 120 cm³/mol. The van der Waals surface area contributed by atoms with Crippen LogP contribution in [0, 0.1) is 0 Å². The normalized spacial score (nSPS) is 13.7. The van der Waals surface area contributed by atoms with Crippen molar-refractivity contribution in [2.75, 3.05) is 0 Å². The maximum atomic E-state index is 13.8. The van der Waals surface area contributed by atoms with E-state index in [-0.39, 0.29) is 50.0 Å². The van der Waals surface area contributed by atoms with Crippen LogP contribution in [0.3, 0.4) is 0 Å². The van der Waals surface area contributed by atoms with Gasteiger partial charge in [-0.05, 0) is 31.2 Å². The lowest BCUT2D eigenvalue weighted by Crippen LogP contribution is -2.23. The molecule has 6 nitrogen and oxygen atoms in total. The fraction of sp³-hybridized carbons (Fsp3) is 0.120. The van der Waals surface area contributed by atoms with Crippen molar-refractivity contribution in [3.8, 4) is 0 Å². The lowest BCUT2D eigenvalue weighted by molar-refractivity contribution is 0.0233. The van der Waals surface area contributed by atoms with E-state index in [9.17, 15) is 23.2 Å². The summed E-state index contributed by atoms with van der Waals surface area (Å²) in [5.74, 6) is -1.95. The smallest absolute Gasteiger partial charge is 0.340 e. The van der Waals surface area contributed by atoms with Gasteiger partial charge < -0.3 is 4.74 Å². The number of carbonyl (C=O) groups excluding carboxylic acids is 3. The molecule has 0 fully saturated rings. The van der Waals surface area contributed by atoms with Crippen molar-refractivity contribution in [2.24, 2.45) is 0 Å². The molecule has 4 aromatic rings. The Morgan fingerprint density at radius 2 is 1.59 bits per heavy atom. The van der Waals surface area contributed by atoms with Gasteiger partial charge >= 0.3 is 12.5 Å². The highest BCUT2D eigenvalue weighted by atomic mass is 35.5. The van der Waals surface area contributed by atoms with Crippen molar-refractivity contribution < 1.29 is 27.9 Å². The number of ether oxygens (including phenoxy) is 1. The number of rotatable bonds is 4. The number of fused-ring (bicyclic) bond motifs is 3. The van der Waals surface area contributed by atoms with Gasteiger partial charge in [0.2, 0.25) is 0 Å². The zero-order valence-electron chi connectivity index (χ0n) is 17.6. The Morgan fingerprint density at radius 3 is 2.29 bits per heavy atom. The molecule has 0 aliphatic heterocycles. The van der Waals surface area contributed by atoms with E-state index in [0.29, 0.717) is 10.1 Å². The second kappa shape index (κ2) is 8.14. The first-order valence-electron chi connectivity index (χ1n) is 10.3. The van der Waals surface area contributed by atoms with Crippen LogP contribution >= 0.6 is 11.6 Å². The second-order valence-electron chi connectivity index (χ2n) is 7.71. The summed E-state index contributed by atoms with van der Waals surface area (Å²) in [5.41, 5.74) is 0.801. The third kappa shape index (κ3) is 3.30. The standard InChI is InChI=1S/C25H15ClF2N2O4/c1-12(23-29-17-8-4-5-9-18(17)30(23)25(27)28)34-24(33)16-11-10-15-19(20(16)26)22(32)14-7-3-2-6-13(14)21(15)31/h2-12,25H,1H3. The van der Waals surface area contributed by atoms with E-state index in [1.165, 1.54) is 31.2 Å². The Hall–Kier alpha value is -3.91. The maximum Gasteiger partial charge on any atom is 0.340 e. The number of imidazole rings is 1. The van der Waals surface area contributed by atoms with Crippen LogP contribution in [-0.4, -0.2) is 27.1 Å². The van der Waals surface area contributed by atoms with Gasteiger partial charge in [-0.25, -0.2) is 9.78 Å². The quantitative estimate of drug-likeness (QED) is 0.305. The maximum absolute atomic E-state index is 13.8. The molecule has 170 valence electrons. The predicted octanol–water partition coefficient (Wildman–Crippen LogP) is 5.78. The number of aromatic nitrogens is 2. The van der Waals surface area contributed by atoms with E-state index in [2.05, 4.69) is 4.98 Å². The van der Waals surface area contributed by atoms with E-state index >= 15 is 0 Å². The lowest BCUT2D eigenvalue weighted by atomic mass is 9.83. The summed E-state index contributed by atoms with van der Waals surface area (Å²) < 4.78 is 33.6. The number of ketones is 2. The van der Waals surface area contributed by atoms with Gasteiger partial charge in [-0.1, -0.05) is 48.0 Å². The highest BCUT2D eigenvalue weighted by molar-refractivity contribution is 6.41. The SMILES string of the molecule is CC(OC(=O)c1ccc2c(c1Cl)C(=O)c1ccccc1C2=O)c1nc2ccccc2n1C(F)F. The molecule has 1 aliphatic carbocycles. The van der Waals surface area contributed by atoms with Crippen molar-refractivity contribution >= 4 is 40.2 Å². The number of hydrogen-bond donors (Lipinski definition) is 0. The van der Waals surface area contributed by atoms with Crippen LogP contribution in [0.1, 0.15) is 67.6 Å². The number of alkyl halides is 2. The molecular formula is C25H15ClF2N2O4. The minimum absolute atomic E-state index is 0.0813. The fourth-order valence-corrected chi connectivity index (χ4v) is 4.46. The summed E-state index contributed by atoms with van der Waals surface area (Å²) in [4.78, 5) is 43.0. The van der Waals surface area contributed by atoms with Gasteiger partial charge in [0.15, 0.2) is 23.5 Å². The van der Waals surface area contributed by atoms with Crippen LogP contribution in [-0.2, 0) is 4.74 Å². The number of esters is 1. The molecule has 9 heteroatoms. The van der Waals surface area contributed by atoms with E-state index in [1.54, 1.807) is 36.4 Å². The summed E-state index contributed by atoms with van der Waals surface area (Å²) in [5, 5.41) is -0.232. The van der Waals surface area contributed by atoms with Gasteiger partial charge in [0.05, 0.1) is 27.2 Å². The highest BCUT2D eigenvalue weighted by Gasteiger charge is 2.34. The molecule has 34 heavy (non-hydrogen) atoms. The second-order valence-corrected chi connectivity index (χ2v) is 8.09. The minimum atomic E-state index is -2.90. The van der Waals surface area contributed by atoms with Gasteiger partial charge in [-0.3, -0.25) is 14.2 Å². The number of halogens is 3. The van der Waals surface area contributed by atoms with Crippen LogP contribution in [0.25, 0.3) is 11.0 Å². The van der Waals surface area contributed by atoms with Gasteiger partial charge in [0, 0.05) is 16.7 Å². The third-order valence-electron chi connectivity index (χ3n) is 5.72. The summed E-state index contributed by atoms with van der Waals surface area (Å²) in [7, 11) is 0. The largest absolute Gasteiger partial charge is 0.451 e. The van der Waals surface area contributed by atoms with Gasteiger partial charge in [0.1, 0.15) is 0 Å².